The highest BCUT2D eigenvalue weighted by atomic mass is 35.5. The zero-order chi connectivity index (χ0) is 18.6. The van der Waals surface area contributed by atoms with Gasteiger partial charge in [-0.05, 0) is 47.8 Å². The normalized spacial score (nSPS) is 25.7. The minimum atomic E-state index is -2.22. The van der Waals surface area contributed by atoms with Gasteiger partial charge in [-0.1, -0.05) is 23.7 Å². The molecule has 1 unspecified atom stereocenters. The Morgan fingerprint density at radius 1 is 1.19 bits per heavy atom. The molecule has 0 spiro atoms. The lowest BCUT2D eigenvalue weighted by Crippen LogP contribution is -2.20. The predicted molar refractivity (Wildman–Crippen MR) is 81.3 cm³/mol. The standard InChI is InChI=1S/C16H16ClNO3/c17-15-11-5-6-18-8-13(9-1-3-10(19)4-2-9)12(11)7-14(20)16(15)21/h1-4,7,13,18-21H,5-6,8H2/i6D2,8D2. The van der Waals surface area contributed by atoms with E-state index in [-0.39, 0.29) is 28.3 Å². The Morgan fingerprint density at radius 3 is 2.62 bits per heavy atom. The quantitative estimate of drug-likeness (QED) is 0.611. The summed E-state index contributed by atoms with van der Waals surface area (Å²) >= 11 is 6.12. The number of aromatic hydroxyl groups is 3. The van der Waals surface area contributed by atoms with E-state index in [1.54, 1.807) is 0 Å². The summed E-state index contributed by atoms with van der Waals surface area (Å²) in [7, 11) is 0. The van der Waals surface area contributed by atoms with Gasteiger partial charge in [0, 0.05) is 17.9 Å². The maximum Gasteiger partial charge on any atom is 0.176 e. The van der Waals surface area contributed by atoms with Crippen LogP contribution in [-0.4, -0.2) is 28.3 Å². The molecular formula is C16H16ClNO3. The predicted octanol–water partition coefficient (Wildman–Crippen LogP) is 2.73. The Hall–Kier alpha value is -1.91. The second-order valence-electron chi connectivity index (χ2n) is 4.77. The molecule has 0 amide bonds. The van der Waals surface area contributed by atoms with Crippen molar-refractivity contribution in [3.8, 4) is 17.2 Å². The fraction of sp³-hybridized carbons (Fsp3) is 0.250. The van der Waals surface area contributed by atoms with Crippen LogP contribution in [0, 0.1) is 0 Å². The van der Waals surface area contributed by atoms with Crippen molar-refractivity contribution in [1.29, 1.82) is 0 Å². The lowest BCUT2D eigenvalue weighted by Gasteiger charge is -2.20. The number of benzene rings is 2. The molecule has 3 rings (SSSR count). The number of halogens is 1. The summed E-state index contributed by atoms with van der Waals surface area (Å²) in [5, 5.41) is 31.5. The zero-order valence-corrected chi connectivity index (χ0v) is 11.6. The molecule has 5 heteroatoms. The monoisotopic (exact) mass is 309 g/mol. The third-order valence-corrected chi connectivity index (χ3v) is 3.87. The highest BCUT2D eigenvalue weighted by Crippen LogP contribution is 2.42. The van der Waals surface area contributed by atoms with E-state index in [9.17, 15) is 15.3 Å². The van der Waals surface area contributed by atoms with E-state index >= 15 is 0 Å². The summed E-state index contributed by atoms with van der Waals surface area (Å²) in [6.07, 6.45) is -0.289. The first-order valence-electron chi connectivity index (χ1n) is 8.33. The highest BCUT2D eigenvalue weighted by Gasteiger charge is 2.25. The van der Waals surface area contributed by atoms with E-state index in [4.69, 9.17) is 17.1 Å². The van der Waals surface area contributed by atoms with Crippen LogP contribution in [0.25, 0.3) is 0 Å². The van der Waals surface area contributed by atoms with E-state index < -0.39 is 30.4 Å². The van der Waals surface area contributed by atoms with Crippen LogP contribution in [0.1, 0.15) is 28.1 Å². The molecule has 1 aliphatic rings. The molecule has 21 heavy (non-hydrogen) atoms. The average Bonchev–Trinajstić information content (AvgIpc) is 2.57. The Morgan fingerprint density at radius 2 is 1.90 bits per heavy atom. The SMILES string of the molecule is [2H]C1([2H])Cc2c(cc(O)c(O)c2Cl)C(c2ccc(O)cc2)C([2H])([2H])N1. The van der Waals surface area contributed by atoms with Gasteiger partial charge in [-0.15, -0.1) is 0 Å². The number of hydrogen-bond donors (Lipinski definition) is 4. The molecule has 0 saturated carbocycles. The molecular weight excluding hydrogens is 290 g/mol. The van der Waals surface area contributed by atoms with Gasteiger partial charge in [0.25, 0.3) is 0 Å². The Kier molecular flexibility index (Phi) is 2.58. The molecule has 2 aromatic carbocycles. The fourth-order valence-electron chi connectivity index (χ4n) is 2.39. The highest BCUT2D eigenvalue weighted by molar-refractivity contribution is 6.33. The van der Waals surface area contributed by atoms with Crippen molar-refractivity contribution in [2.75, 3.05) is 13.0 Å². The maximum atomic E-state index is 9.95. The van der Waals surface area contributed by atoms with Gasteiger partial charge >= 0.3 is 0 Å². The van der Waals surface area contributed by atoms with Crippen LogP contribution in [0.5, 0.6) is 17.2 Å². The molecule has 1 aliphatic heterocycles. The summed E-state index contributed by atoms with van der Waals surface area (Å²) < 4.78 is 32.8. The van der Waals surface area contributed by atoms with Gasteiger partial charge in [-0.2, -0.15) is 0 Å². The first-order chi connectivity index (χ1) is 11.5. The second kappa shape index (κ2) is 5.47. The molecule has 0 saturated heterocycles. The molecule has 4 nitrogen and oxygen atoms in total. The first-order valence-corrected chi connectivity index (χ1v) is 6.71. The van der Waals surface area contributed by atoms with Crippen LogP contribution in [0.15, 0.2) is 30.3 Å². The van der Waals surface area contributed by atoms with Crippen molar-refractivity contribution in [3.05, 3.63) is 52.0 Å². The summed E-state index contributed by atoms with van der Waals surface area (Å²) in [5.74, 6) is -2.09. The summed E-state index contributed by atoms with van der Waals surface area (Å²) in [5.41, 5.74) is 0.939. The van der Waals surface area contributed by atoms with Gasteiger partial charge in [-0.3, -0.25) is 0 Å². The van der Waals surface area contributed by atoms with E-state index in [1.165, 1.54) is 30.3 Å². The van der Waals surface area contributed by atoms with E-state index in [2.05, 4.69) is 5.32 Å². The van der Waals surface area contributed by atoms with Crippen molar-refractivity contribution < 1.29 is 20.8 Å². The largest absolute Gasteiger partial charge is 0.508 e. The van der Waals surface area contributed by atoms with Gasteiger partial charge in [0.1, 0.15) is 5.75 Å². The number of phenolic OH excluding ortho intramolecular Hbond substituents is 3. The van der Waals surface area contributed by atoms with Crippen LogP contribution >= 0.6 is 11.6 Å². The number of rotatable bonds is 1. The van der Waals surface area contributed by atoms with Gasteiger partial charge < -0.3 is 20.6 Å². The van der Waals surface area contributed by atoms with Crippen LogP contribution in [0.3, 0.4) is 0 Å². The summed E-state index contributed by atoms with van der Waals surface area (Å²) in [6, 6.07) is 7.03. The van der Waals surface area contributed by atoms with Crippen LogP contribution < -0.4 is 5.32 Å². The Bertz CT molecular complexity index is 827. The molecule has 0 radical (unpaired) electrons. The smallest absolute Gasteiger partial charge is 0.176 e. The topological polar surface area (TPSA) is 72.7 Å². The maximum absolute atomic E-state index is 9.95. The van der Waals surface area contributed by atoms with Crippen molar-refractivity contribution in [3.63, 3.8) is 0 Å². The number of phenols is 3. The van der Waals surface area contributed by atoms with Crippen molar-refractivity contribution >= 4 is 11.6 Å². The van der Waals surface area contributed by atoms with Gasteiger partial charge in [0.15, 0.2) is 11.5 Å². The number of hydrogen-bond acceptors (Lipinski definition) is 4. The lowest BCUT2D eigenvalue weighted by molar-refractivity contribution is 0.402. The molecule has 2 aromatic rings. The second-order valence-corrected chi connectivity index (χ2v) is 5.15. The van der Waals surface area contributed by atoms with Gasteiger partial charge in [-0.25, -0.2) is 0 Å². The summed E-state index contributed by atoms with van der Waals surface area (Å²) in [6.45, 7) is -4.35. The zero-order valence-electron chi connectivity index (χ0n) is 14.9. The molecule has 0 fully saturated rings. The van der Waals surface area contributed by atoms with Crippen molar-refractivity contribution in [1.82, 2.24) is 5.32 Å². The molecule has 0 bridgehead atoms. The molecule has 1 atom stereocenters. The van der Waals surface area contributed by atoms with Crippen molar-refractivity contribution in [2.24, 2.45) is 0 Å². The van der Waals surface area contributed by atoms with E-state index in [0.29, 0.717) is 5.56 Å². The van der Waals surface area contributed by atoms with E-state index in [1.807, 2.05) is 0 Å². The molecule has 110 valence electrons. The van der Waals surface area contributed by atoms with Gasteiger partial charge in [0.05, 0.1) is 5.02 Å². The summed E-state index contributed by atoms with van der Waals surface area (Å²) in [4.78, 5) is 0. The lowest BCUT2D eigenvalue weighted by atomic mass is 9.87. The fourth-order valence-corrected chi connectivity index (χ4v) is 2.66. The minimum Gasteiger partial charge on any atom is -0.508 e. The third-order valence-electron chi connectivity index (χ3n) is 3.46. The average molecular weight is 310 g/mol. The Balaban J connectivity index is 2.31. The molecule has 0 aromatic heterocycles. The van der Waals surface area contributed by atoms with Gasteiger partial charge in [0.2, 0.25) is 0 Å². The number of fused-ring (bicyclic) bond motifs is 1. The molecule has 1 heterocycles. The first kappa shape index (κ1) is 9.92. The minimum absolute atomic E-state index is 0.00744. The van der Waals surface area contributed by atoms with Crippen LogP contribution in [0.2, 0.25) is 5.02 Å². The van der Waals surface area contributed by atoms with Crippen molar-refractivity contribution in [2.45, 2.75) is 12.3 Å². The Labute approximate surface area is 133 Å². The van der Waals surface area contributed by atoms with Crippen LogP contribution in [-0.2, 0) is 6.42 Å². The molecule has 4 N–H and O–H groups in total. The number of nitrogens with one attached hydrogen (secondary N) is 1. The van der Waals surface area contributed by atoms with E-state index in [0.717, 1.165) is 0 Å². The van der Waals surface area contributed by atoms with Crippen LogP contribution in [0.4, 0.5) is 0 Å². The third kappa shape index (κ3) is 2.52. The molecule has 0 aliphatic carbocycles.